The van der Waals surface area contributed by atoms with E-state index in [0.717, 1.165) is 13.8 Å². The number of amides is 1. The summed E-state index contributed by atoms with van der Waals surface area (Å²) >= 11 is 0. The first kappa shape index (κ1) is 44.2. The van der Waals surface area contributed by atoms with E-state index in [1.54, 1.807) is 6.92 Å². The number of Topliss-reactive ketones (excluding diaryl/α,β-unsaturated/α-hetero) is 5. The third kappa shape index (κ3) is 11.4. The van der Waals surface area contributed by atoms with Crippen LogP contribution in [0, 0.1) is 0 Å². The van der Waals surface area contributed by atoms with Crippen molar-refractivity contribution >= 4 is 51.4 Å². The van der Waals surface area contributed by atoms with Gasteiger partial charge in [0.15, 0.2) is 34.3 Å². The van der Waals surface area contributed by atoms with Gasteiger partial charge in [0.2, 0.25) is 11.7 Å². The number of carbonyl (C=O) groups excluding carboxylic acids is 7. The van der Waals surface area contributed by atoms with E-state index in [-0.39, 0.29) is 19.1 Å². The topological polar surface area (TPSA) is 360 Å². The highest BCUT2D eigenvalue weighted by Gasteiger charge is 2.67. The van der Waals surface area contributed by atoms with Crippen LogP contribution in [0.5, 0.6) is 0 Å². The molecule has 0 spiro atoms. The number of nitrogens with one attached hydrogen (secondary N) is 2. The molecule has 0 bridgehead atoms. The lowest BCUT2D eigenvalue weighted by Crippen LogP contribution is -2.79. The average molecular weight is 677 g/mol. The molecule has 0 aliphatic heterocycles. The third-order valence-corrected chi connectivity index (χ3v) is 6.91. The fourth-order valence-electron chi connectivity index (χ4n) is 3.77. The molecule has 21 heteroatoms. The first-order valence-corrected chi connectivity index (χ1v) is 14.3. The number of aliphatic hydroxyl groups is 8. The van der Waals surface area contributed by atoms with Crippen LogP contribution >= 0.6 is 0 Å². The van der Waals surface area contributed by atoms with Crippen molar-refractivity contribution in [1.29, 1.82) is 0 Å². The molecule has 1 amide bonds. The Balaban J connectivity index is 0. The molecule has 0 radical (unpaired) electrons. The first-order chi connectivity index (χ1) is 20.3. The summed E-state index contributed by atoms with van der Waals surface area (Å²) in [6, 6.07) is -4.31. The molecule has 20 nitrogen and oxygen atoms in total. The number of rotatable bonds is 19. The molecule has 11 N–H and O–H groups in total. The molecule has 0 heterocycles. The van der Waals surface area contributed by atoms with Crippen molar-refractivity contribution in [1.82, 2.24) is 10.0 Å². The molecule has 9 atom stereocenters. The highest BCUT2D eigenvalue weighted by atomic mass is 32.2. The fourth-order valence-corrected chi connectivity index (χ4v) is 4.30. The van der Waals surface area contributed by atoms with Crippen molar-refractivity contribution in [2.24, 2.45) is 0 Å². The zero-order chi connectivity index (χ0) is 36.2. The molecule has 0 saturated heterocycles. The second kappa shape index (κ2) is 18.3. The van der Waals surface area contributed by atoms with E-state index >= 15 is 0 Å². The fraction of sp³-hybridized carbons (Fsp3) is 0.708. The number of hydrogen-bond donors (Lipinski definition) is 11. The number of carbonyl (C=O) groups is 7. The summed E-state index contributed by atoms with van der Waals surface area (Å²) in [6.07, 6.45) is -10.9. The second-order valence-corrected chi connectivity index (χ2v) is 11.0. The van der Waals surface area contributed by atoms with Gasteiger partial charge in [0.05, 0.1) is 6.61 Å². The van der Waals surface area contributed by atoms with Gasteiger partial charge in [-0.3, -0.25) is 33.3 Å². The largest absolute Gasteiger partial charge is 0.394 e. The Morgan fingerprint density at radius 2 is 1.31 bits per heavy atom. The molecule has 260 valence electrons. The van der Waals surface area contributed by atoms with Crippen LogP contribution in [0.2, 0.25) is 0 Å². The summed E-state index contributed by atoms with van der Waals surface area (Å²) in [5.41, 5.74) is -7.21. The molecule has 0 aromatic rings. The van der Waals surface area contributed by atoms with Gasteiger partial charge in [-0.25, -0.2) is 0 Å². The third-order valence-electron chi connectivity index (χ3n) is 6.34. The lowest BCUT2D eigenvalue weighted by molar-refractivity contribution is -0.221. The van der Waals surface area contributed by atoms with Crippen LogP contribution < -0.4 is 10.0 Å². The van der Waals surface area contributed by atoms with E-state index in [9.17, 15) is 67.5 Å². The second-order valence-electron chi connectivity index (χ2n) is 9.80. The smallest absolute Gasteiger partial charge is 0.334 e. The summed E-state index contributed by atoms with van der Waals surface area (Å²) in [6.45, 7) is 3.51. The quantitative estimate of drug-likeness (QED) is 0.0344. The molecule has 0 aromatic carbocycles. The van der Waals surface area contributed by atoms with E-state index in [0.29, 0.717) is 13.8 Å². The monoisotopic (exact) mass is 676 g/mol. The number of ketones is 5. The predicted octanol–water partition coefficient (Wildman–Crippen LogP) is -6.60. The van der Waals surface area contributed by atoms with E-state index in [2.05, 4.69) is 0 Å². The molecule has 0 aliphatic carbocycles. The van der Waals surface area contributed by atoms with Gasteiger partial charge in [-0.1, -0.05) is 6.92 Å². The normalized spacial score (nSPS) is 18.9. The standard InChI is InChI=1S/C18H27NO10.C6H13NO8S/c1-6-7-12(24)19-15(13(25)8(2)20)17(28,10(4)22)18(29,11(5)23)16(27)14(26)9(3)21;8-1-3(7-16(13,14)15)5(11)6(12)4(10)2-9/h14-16,26-29H,6-7H2,1-5H3,(H,19,24);1,3-7,9-12H,2H2,(H,13,14,15)/t14?,15-,16+,17+,18-;3-,4+,5+,6-/m00/s1. The van der Waals surface area contributed by atoms with E-state index in [1.807, 2.05) is 5.32 Å². The van der Waals surface area contributed by atoms with Crippen LogP contribution in [0.25, 0.3) is 0 Å². The van der Waals surface area contributed by atoms with Crippen LogP contribution in [0.4, 0.5) is 0 Å². The van der Waals surface area contributed by atoms with Crippen molar-refractivity contribution in [2.75, 3.05) is 6.61 Å². The van der Waals surface area contributed by atoms with Gasteiger partial charge in [-0.2, -0.15) is 13.1 Å². The van der Waals surface area contributed by atoms with Gasteiger partial charge in [-0.05, 0) is 27.2 Å². The SMILES string of the molecule is CCCC(=O)N[C@@H](C(=O)C(C)=O)[C@](O)(C(C)=O)[C@](O)(C(C)=O)[C@H](O)C(O)C(C)=O.O=C[C@H](NS(=O)(=O)O)[C@@H](O)[C@@H](O)[C@H](O)CO. The molecule has 0 rings (SSSR count). The Hall–Kier alpha value is -2.96. The molecule has 45 heavy (non-hydrogen) atoms. The van der Waals surface area contributed by atoms with Gasteiger partial charge in [-0.15, -0.1) is 0 Å². The number of hydrogen-bond acceptors (Lipinski definition) is 17. The van der Waals surface area contributed by atoms with Crippen LogP contribution in [-0.4, -0.2) is 155 Å². The lowest BCUT2D eigenvalue weighted by Gasteiger charge is -2.46. The van der Waals surface area contributed by atoms with E-state index in [4.69, 9.17) is 19.9 Å². The Kier molecular flexibility index (Phi) is 17.9. The first-order valence-electron chi connectivity index (χ1n) is 12.9. The lowest BCUT2D eigenvalue weighted by atomic mass is 9.66. The molecule has 0 saturated carbocycles. The van der Waals surface area contributed by atoms with Crippen molar-refractivity contribution in [2.45, 2.75) is 101 Å². The van der Waals surface area contributed by atoms with Crippen molar-refractivity contribution in [3.8, 4) is 0 Å². The number of aliphatic hydroxyl groups excluding tert-OH is 6. The molecule has 0 aliphatic rings. The Morgan fingerprint density at radius 1 is 0.844 bits per heavy atom. The summed E-state index contributed by atoms with van der Waals surface area (Å²) < 4.78 is 30.4. The predicted molar refractivity (Wildman–Crippen MR) is 146 cm³/mol. The van der Waals surface area contributed by atoms with Gasteiger partial charge >= 0.3 is 10.3 Å². The van der Waals surface area contributed by atoms with Gasteiger partial charge in [0.25, 0.3) is 0 Å². The van der Waals surface area contributed by atoms with Crippen LogP contribution in [0.3, 0.4) is 0 Å². The van der Waals surface area contributed by atoms with Crippen LogP contribution in [-0.2, 0) is 43.9 Å². The molecule has 1 unspecified atom stereocenters. The molecule has 0 aromatic heterocycles. The summed E-state index contributed by atoms with van der Waals surface area (Å²) in [5.74, 6) is -7.81. The van der Waals surface area contributed by atoms with Crippen molar-refractivity contribution < 1.29 is 87.4 Å². The van der Waals surface area contributed by atoms with E-state index in [1.165, 1.54) is 4.72 Å². The molecular weight excluding hydrogens is 636 g/mol. The number of aldehydes is 1. The summed E-state index contributed by atoms with van der Waals surface area (Å²) in [4.78, 5) is 82.5. The maximum atomic E-state index is 12.4. The van der Waals surface area contributed by atoms with E-state index < -0.39 is 106 Å². The zero-order valence-corrected chi connectivity index (χ0v) is 25.7. The minimum atomic E-state index is -4.74. The van der Waals surface area contributed by atoms with Crippen molar-refractivity contribution in [3.05, 3.63) is 0 Å². The summed E-state index contributed by atoms with van der Waals surface area (Å²) in [7, 11) is -4.74. The Bertz CT molecular complexity index is 1210. The highest BCUT2D eigenvalue weighted by molar-refractivity contribution is 7.83. The minimum absolute atomic E-state index is 0.0776. The van der Waals surface area contributed by atoms with Crippen LogP contribution in [0.15, 0.2) is 0 Å². The average Bonchev–Trinajstić information content (AvgIpc) is 2.94. The highest BCUT2D eigenvalue weighted by Crippen LogP contribution is 2.34. The van der Waals surface area contributed by atoms with Gasteiger partial charge in [0, 0.05) is 13.3 Å². The Morgan fingerprint density at radius 3 is 1.62 bits per heavy atom. The minimum Gasteiger partial charge on any atom is -0.394 e. The van der Waals surface area contributed by atoms with Crippen molar-refractivity contribution in [3.63, 3.8) is 0 Å². The van der Waals surface area contributed by atoms with Crippen LogP contribution in [0.1, 0.15) is 47.5 Å². The maximum absolute atomic E-state index is 12.4. The summed E-state index contributed by atoms with van der Waals surface area (Å²) in [5, 5.41) is 79.9. The van der Waals surface area contributed by atoms with Gasteiger partial charge in [0.1, 0.15) is 48.9 Å². The Labute approximate surface area is 256 Å². The zero-order valence-electron chi connectivity index (χ0n) is 24.8. The maximum Gasteiger partial charge on any atom is 0.334 e. The molecular formula is C24H40N2O18S. The van der Waals surface area contributed by atoms with Gasteiger partial charge < -0.3 is 51.0 Å². The molecule has 0 fully saturated rings.